The highest BCUT2D eigenvalue weighted by Gasteiger charge is 2.20. The van der Waals surface area contributed by atoms with Gasteiger partial charge in [0.2, 0.25) is 5.95 Å². The molecule has 0 unspecified atom stereocenters. The first-order chi connectivity index (χ1) is 10.9. The second-order valence-corrected chi connectivity index (χ2v) is 5.39. The van der Waals surface area contributed by atoms with Crippen LogP contribution >= 0.6 is 0 Å². The van der Waals surface area contributed by atoms with Gasteiger partial charge in [-0.25, -0.2) is 4.79 Å². The average molecular weight is 315 g/mol. The second kappa shape index (κ2) is 5.40. The zero-order chi connectivity index (χ0) is 16.7. The van der Waals surface area contributed by atoms with Gasteiger partial charge < -0.3 is 15.4 Å². The molecule has 8 nitrogen and oxygen atoms in total. The topological polar surface area (TPSA) is 108 Å². The van der Waals surface area contributed by atoms with Crippen LogP contribution in [0.3, 0.4) is 0 Å². The molecule has 1 aromatic carbocycles. The lowest BCUT2D eigenvalue weighted by Gasteiger charge is -2.13. The number of nitrogens with two attached hydrogens (primary N) is 1. The Morgan fingerprint density at radius 1 is 1.17 bits per heavy atom. The van der Waals surface area contributed by atoms with Gasteiger partial charge in [0.1, 0.15) is 0 Å². The lowest BCUT2D eigenvalue weighted by molar-refractivity contribution is 0.158. The van der Waals surface area contributed by atoms with Crippen LogP contribution in [-0.4, -0.2) is 23.8 Å². The summed E-state index contributed by atoms with van der Waals surface area (Å²) in [5.74, 6) is 0.0771. The van der Waals surface area contributed by atoms with E-state index in [1.165, 1.54) is 23.2 Å². The highest BCUT2D eigenvalue weighted by molar-refractivity contribution is 5.73. The number of nitrogens with zero attached hydrogens (tertiary/aromatic N) is 4. The summed E-state index contributed by atoms with van der Waals surface area (Å²) in [6, 6.07) is 9.05. The van der Waals surface area contributed by atoms with Crippen LogP contribution in [0.1, 0.15) is 11.7 Å². The van der Waals surface area contributed by atoms with Crippen molar-refractivity contribution in [2.75, 3.05) is 5.73 Å². The van der Waals surface area contributed by atoms with Crippen molar-refractivity contribution >= 4 is 17.1 Å². The van der Waals surface area contributed by atoms with Gasteiger partial charge in [0, 0.05) is 14.1 Å². The number of benzene rings is 1. The first-order valence-electron chi connectivity index (χ1n) is 7.06. The highest BCUT2D eigenvalue weighted by Crippen LogP contribution is 2.19. The average Bonchev–Trinajstić information content (AvgIpc) is 2.88. The van der Waals surface area contributed by atoms with Crippen molar-refractivity contribution in [3.63, 3.8) is 0 Å². The van der Waals surface area contributed by atoms with Crippen molar-refractivity contribution in [1.82, 2.24) is 18.7 Å². The number of hydrogen-bond donors (Lipinski definition) is 2. The van der Waals surface area contributed by atoms with E-state index in [4.69, 9.17) is 5.73 Å². The zero-order valence-corrected chi connectivity index (χ0v) is 12.8. The molecule has 120 valence electrons. The minimum absolute atomic E-state index is 0.0692. The largest absolute Gasteiger partial charge is 0.387 e. The zero-order valence-electron chi connectivity index (χ0n) is 12.8. The van der Waals surface area contributed by atoms with Crippen molar-refractivity contribution in [1.29, 1.82) is 0 Å². The number of rotatable bonds is 3. The fourth-order valence-corrected chi connectivity index (χ4v) is 2.60. The molecule has 0 saturated heterocycles. The van der Waals surface area contributed by atoms with Crippen LogP contribution in [0.4, 0.5) is 5.95 Å². The Kier molecular flexibility index (Phi) is 3.53. The lowest BCUT2D eigenvalue weighted by Crippen LogP contribution is -2.37. The fourth-order valence-electron chi connectivity index (χ4n) is 2.60. The number of aliphatic hydroxyl groups excluding tert-OH is 1. The monoisotopic (exact) mass is 315 g/mol. The van der Waals surface area contributed by atoms with Gasteiger partial charge in [0.25, 0.3) is 5.56 Å². The Hall–Kier alpha value is -2.87. The maximum absolute atomic E-state index is 12.4. The Balaban J connectivity index is 2.17. The summed E-state index contributed by atoms with van der Waals surface area (Å²) in [7, 11) is 2.92. The standard InChI is InChI=1S/C15H17N5O3/c1-18-12-11(13(22)19(2)15(18)23)20(14(16)17-12)8-10(21)9-6-4-3-5-7-9/h3-7,10,21H,8H2,1-2H3,(H2,16,17)/t10-/m0/s1. The third-order valence-electron chi connectivity index (χ3n) is 3.92. The molecule has 0 amide bonds. The van der Waals surface area contributed by atoms with Crippen LogP contribution in [-0.2, 0) is 20.6 Å². The molecule has 23 heavy (non-hydrogen) atoms. The Morgan fingerprint density at radius 3 is 2.48 bits per heavy atom. The Bertz CT molecular complexity index is 984. The van der Waals surface area contributed by atoms with E-state index in [-0.39, 0.29) is 23.7 Å². The molecule has 3 N–H and O–H groups in total. The summed E-state index contributed by atoms with van der Waals surface area (Å²) in [6.45, 7) is 0.0692. The van der Waals surface area contributed by atoms with Crippen LogP contribution in [0.5, 0.6) is 0 Å². The number of fused-ring (bicyclic) bond motifs is 1. The van der Waals surface area contributed by atoms with E-state index in [0.29, 0.717) is 5.56 Å². The molecule has 0 fully saturated rings. The van der Waals surface area contributed by atoms with Gasteiger partial charge in [0.05, 0.1) is 12.6 Å². The number of imidazole rings is 1. The van der Waals surface area contributed by atoms with Gasteiger partial charge in [-0.15, -0.1) is 0 Å². The molecule has 1 atom stereocenters. The van der Waals surface area contributed by atoms with Gasteiger partial charge in [-0.05, 0) is 5.56 Å². The molecule has 0 aliphatic heterocycles. The molecule has 0 aliphatic rings. The van der Waals surface area contributed by atoms with E-state index in [9.17, 15) is 14.7 Å². The molecule has 0 radical (unpaired) electrons. The molecule has 3 aromatic rings. The van der Waals surface area contributed by atoms with Gasteiger partial charge in [-0.1, -0.05) is 30.3 Å². The van der Waals surface area contributed by atoms with E-state index in [1.807, 2.05) is 18.2 Å². The molecule has 8 heteroatoms. The van der Waals surface area contributed by atoms with E-state index in [1.54, 1.807) is 12.1 Å². The van der Waals surface area contributed by atoms with Crippen molar-refractivity contribution in [3.05, 3.63) is 56.7 Å². The molecule has 2 aromatic heterocycles. The summed E-state index contributed by atoms with van der Waals surface area (Å²) in [5.41, 5.74) is 6.03. The van der Waals surface area contributed by atoms with Crippen LogP contribution in [0.25, 0.3) is 11.2 Å². The number of nitrogen functional groups attached to an aromatic ring is 1. The van der Waals surface area contributed by atoms with Crippen LogP contribution in [0, 0.1) is 0 Å². The van der Waals surface area contributed by atoms with Crippen LogP contribution in [0.2, 0.25) is 0 Å². The predicted octanol–water partition coefficient (Wildman–Crippen LogP) is -0.251. The number of hydrogen-bond acceptors (Lipinski definition) is 5. The molecule has 0 spiro atoms. The van der Waals surface area contributed by atoms with Gasteiger partial charge in [-0.3, -0.25) is 13.9 Å². The second-order valence-electron chi connectivity index (χ2n) is 5.39. The molecular weight excluding hydrogens is 298 g/mol. The smallest absolute Gasteiger partial charge is 0.332 e. The molecule has 0 bridgehead atoms. The Morgan fingerprint density at radius 2 is 1.83 bits per heavy atom. The summed E-state index contributed by atoms with van der Waals surface area (Å²) in [6.07, 6.45) is -0.849. The maximum Gasteiger partial charge on any atom is 0.332 e. The van der Waals surface area contributed by atoms with Crippen LogP contribution in [0.15, 0.2) is 39.9 Å². The minimum Gasteiger partial charge on any atom is -0.387 e. The number of aliphatic hydroxyl groups is 1. The SMILES string of the molecule is Cn1c(=O)c2c(nc(N)n2C[C@H](O)c2ccccc2)n(C)c1=O. The lowest BCUT2D eigenvalue weighted by atomic mass is 10.1. The van der Waals surface area contributed by atoms with Gasteiger partial charge in [0.15, 0.2) is 11.2 Å². The van der Waals surface area contributed by atoms with Crippen molar-refractivity contribution in [3.8, 4) is 0 Å². The van der Waals surface area contributed by atoms with Crippen molar-refractivity contribution < 1.29 is 5.11 Å². The quantitative estimate of drug-likeness (QED) is 0.693. The molecule has 0 aliphatic carbocycles. The Labute approximate surface area is 131 Å². The van der Waals surface area contributed by atoms with Gasteiger partial charge >= 0.3 is 5.69 Å². The molecular formula is C15H17N5O3. The fraction of sp³-hybridized carbons (Fsp3) is 0.267. The van der Waals surface area contributed by atoms with E-state index >= 15 is 0 Å². The van der Waals surface area contributed by atoms with Crippen molar-refractivity contribution in [2.24, 2.45) is 14.1 Å². The molecule has 0 saturated carbocycles. The molecule has 3 rings (SSSR count). The maximum atomic E-state index is 12.4. The van der Waals surface area contributed by atoms with E-state index in [2.05, 4.69) is 4.98 Å². The highest BCUT2D eigenvalue weighted by atomic mass is 16.3. The third kappa shape index (κ3) is 2.33. The van der Waals surface area contributed by atoms with E-state index in [0.717, 1.165) is 4.57 Å². The summed E-state index contributed by atoms with van der Waals surface area (Å²) < 4.78 is 3.70. The normalized spacial score (nSPS) is 12.7. The third-order valence-corrected chi connectivity index (χ3v) is 3.92. The first-order valence-corrected chi connectivity index (χ1v) is 7.06. The first kappa shape index (κ1) is 15.0. The summed E-state index contributed by atoms with van der Waals surface area (Å²) in [5, 5.41) is 10.4. The van der Waals surface area contributed by atoms with Crippen LogP contribution < -0.4 is 17.0 Å². The summed E-state index contributed by atoms with van der Waals surface area (Å²) >= 11 is 0. The van der Waals surface area contributed by atoms with Gasteiger partial charge in [-0.2, -0.15) is 4.98 Å². The number of aromatic nitrogens is 4. The molecule has 2 heterocycles. The predicted molar refractivity (Wildman–Crippen MR) is 86.0 cm³/mol. The number of anilines is 1. The van der Waals surface area contributed by atoms with E-state index < -0.39 is 17.4 Å². The van der Waals surface area contributed by atoms with Crippen molar-refractivity contribution in [2.45, 2.75) is 12.6 Å². The number of aryl methyl sites for hydroxylation is 1. The summed E-state index contributed by atoms with van der Waals surface area (Å²) in [4.78, 5) is 28.5. The minimum atomic E-state index is -0.849.